The van der Waals surface area contributed by atoms with Crippen LogP contribution in [0, 0.1) is 25.2 Å². The zero-order valence-electron chi connectivity index (χ0n) is 11.6. The second-order valence-electron chi connectivity index (χ2n) is 4.41. The topological polar surface area (TPSA) is 86.1 Å². The van der Waals surface area contributed by atoms with Gasteiger partial charge >= 0.3 is 0 Å². The number of rotatable bonds is 5. The number of nitrogens with zero attached hydrogens (tertiary/aromatic N) is 3. The summed E-state index contributed by atoms with van der Waals surface area (Å²) in [4.78, 5) is 4.26. The first-order chi connectivity index (χ1) is 8.75. The van der Waals surface area contributed by atoms with Gasteiger partial charge in [-0.15, -0.1) is 0 Å². The van der Waals surface area contributed by atoms with Crippen molar-refractivity contribution in [1.82, 2.24) is 9.29 Å². The maximum absolute atomic E-state index is 11.2. The van der Waals surface area contributed by atoms with E-state index in [2.05, 4.69) is 16.4 Å². The predicted octanol–water partition coefficient (Wildman–Crippen LogP) is 0.873. The lowest BCUT2D eigenvalue weighted by atomic mass is 10.1. The molecule has 0 bridgehead atoms. The van der Waals surface area contributed by atoms with E-state index in [1.165, 1.54) is 17.6 Å². The van der Waals surface area contributed by atoms with E-state index in [9.17, 15) is 8.42 Å². The molecule has 19 heavy (non-hydrogen) atoms. The molecule has 1 rings (SSSR count). The Bertz CT molecular complexity index is 582. The first-order valence-corrected chi connectivity index (χ1v) is 7.64. The van der Waals surface area contributed by atoms with Gasteiger partial charge in [-0.3, -0.25) is 0 Å². The van der Waals surface area contributed by atoms with Gasteiger partial charge in [0.05, 0.1) is 17.5 Å². The Morgan fingerprint density at radius 1 is 1.47 bits per heavy atom. The number of hydrogen-bond donors (Lipinski definition) is 1. The van der Waals surface area contributed by atoms with Crippen molar-refractivity contribution in [3.63, 3.8) is 0 Å². The summed E-state index contributed by atoms with van der Waals surface area (Å²) in [5.74, 6) is 0.649. The van der Waals surface area contributed by atoms with E-state index in [0.29, 0.717) is 30.2 Å². The molecule has 0 saturated heterocycles. The molecule has 0 aliphatic carbocycles. The monoisotopic (exact) mass is 282 g/mol. The third-order valence-electron chi connectivity index (χ3n) is 2.81. The highest BCUT2D eigenvalue weighted by Gasteiger charge is 2.10. The van der Waals surface area contributed by atoms with Crippen LogP contribution >= 0.6 is 0 Å². The van der Waals surface area contributed by atoms with E-state index in [1.54, 1.807) is 13.0 Å². The Morgan fingerprint density at radius 3 is 2.58 bits per heavy atom. The SMILES string of the molecule is Cc1cc(NCCN(C)S(C)(=O)=O)nc(C)c1C#N. The molecule has 0 aliphatic heterocycles. The van der Waals surface area contributed by atoms with Gasteiger partial charge in [0.15, 0.2) is 0 Å². The number of hydrogen-bond acceptors (Lipinski definition) is 5. The summed E-state index contributed by atoms with van der Waals surface area (Å²) in [6.07, 6.45) is 1.17. The second-order valence-corrected chi connectivity index (χ2v) is 6.50. The molecule has 0 amide bonds. The van der Waals surface area contributed by atoms with E-state index < -0.39 is 10.0 Å². The Balaban J connectivity index is 2.68. The minimum Gasteiger partial charge on any atom is -0.369 e. The molecule has 104 valence electrons. The van der Waals surface area contributed by atoms with E-state index >= 15 is 0 Å². The van der Waals surface area contributed by atoms with Gasteiger partial charge in [0, 0.05) is 20.1 Å². The number of nitriles is 1. The number of nitrogens with one attached hydrogen (secondary N) is 1. The van der Waals surface area contributed by atoms with Crippen molar-refractivity contribution in [2.45, 2.75) is 13.8 Å². The Hall–Kier alpha value is -1.65. The lowest BCUT2D eigenvalue weighted by Gasteiger charge is -2.15. The average molecular weight is 282 g/mol. The molecule has 1 N–H and O–H groups in total. The normalized spacial score (nSPS) is 11.4. The van der Waals surface area contributed by atoms with Crippen molar-refractivity contribution >= 4 is 15.8 Å². The van der Waals surface area contributed by atoms with Crippen molar-refractivity contribution < 1.29 is 8.42 Å². The maximum Gasteiger partial charge on any atom is 0.211 e. The van der Waals surface area contributed by atoms with Gasteiger partial charge in [0.25, 0.3) is 0 Å². The Kier molecular flexibility index (Phi) is 4.86. The average Bonchev–Trinajstić information content (AvgIpc) is 2.27. The summed E-state index contributed by atoms with van der Waals surface area (Å²) in [5.41, 5.74) is 2.11. The van der Waals surface area contributed by atoms with Crippen LogP contribution in [-0.2, 0) is 10.0 Å². The summed E-state index contributed by atoms with van der Waals surface area (Å²) in [6, 6.07) is 3.89. The van der Waals surface area contributed by atoms with Gasteiger partial charge in [0.2, 0.25) is 10.0 Å². The molecule has 1 aromatic rings. The first-order valence-electron chi connectivity index (χ1n) is 5.79. The van der Waals surface area contributed by atoms with Gasteiger partial charge in [-0.05, 0) is 25.5 Å². The fourth-order valence-corrected chi connectivity index (χ4v) is 2.02. The van der Waals surface area contributed by atoms with E-state index in [4.69, 9.17) is 5.26 Å². The summed E-state index contributed by atoms with van der Waals surface area (Å²) < 4.78 is 23.7. The number of pyridine rings is 1. The van der Waals surface area contributed by atoms with E-state index in [1.807, 2.05) is 6.92 Å². The third kappa shape index (κ3) is 4.19. The molecular formula is C12H18N4O2S. The predicted molar refractivity (Wildman–Crippen MR) is 74.4 cm³/mol. The number of aryl methyl sites for hydroxylation is 2. The standard InChI is InChI=1S/C12H18N4O2S/c1-9-7-12(15-10(2)11(9)8-13)14-5-6-16(3)19(4,17)18/h7H,5-6H2,1-4H3,(H,14,15). The van der Waals surface area contributed by atoms with Crippen molar-refractivity contribution in [3.8, 4) is 6.07 Å². The Morgan fingerprint density at radius 2 is 2.11 bits per heavy atom. The fraction of sp³-hybridized carbons (Fsp3) is 0.500. The van der Waals surface area contributed by atoms with E-state index in [-0.39, 0.29) is 0 Å². The summed E-state index contributed by atoms with van der Waals surface area (Å²) in [5, 5.41) is 12.0. The van der Waals surface area contributed by atoms with Crippen LogP contribution in [0.4, 0.5) is 5.82 Å². The molecule has 0 spiro atoms. The first kappa shape index (κ1) is 15.4. The number of sulfonamides is 1. The molecule has 1 heterocycles. The molecule has 0 fully saturated rings. The van der Waals surface area contributed by atoms with Gasteiger partial charge < -0.3 is 5.32 Å². The van der Waals surface area contributed by atoms with Crippen LogP contribution in [-0.4, -0.2) is 44.1 Å². The van der Waals surface area contributed by atoms with Crippen LogP contribution in [0.15, 0.2) is 6.07 Å². The van der Waals surface area contributed by atoms with Gasteiger partial charge in [0.1, 0.15) is 11.9 Å². The summed E-state index contributed by atoms with van der Waals surface area (Å²) in [7, 11) is -1.63. The van der Waals surface area contributed by atoms with Crippen molar-refractivity contribution in [3.05, 3.63) is 22.9 Å². The van der Waals surface area contributed by atoms with Crippen molar-refractivity contribution in [2.24, 2.45) is 0 Å². The van der Waals surface area contributed by atoms with Gasteiger partial charge in [-0.25, -0.2) is 17.7 Å². The molecule has 0 unspecified atom stereocenters. The molecule has 0 aliphatic rings. The van der Waals surface area contributed by atoms with Crippen LogP contribution in [0.25, 0.3) is 0 Å². The van der Waals surface area contributed by atoms with Crippen LogP contribution in [0.5, 0.6) is 0 Å². The smallest absolute Gasteiger partial charge is 0.211 e. The molecule has 0 atom stereocenters. The largest absolute Gasteiger partial charge is 0.369 e. The highest BCUT2D eigenvalue weighted by Crippen LogP contribution is 2.15. The molecule has 6 nitrogen and oxygen atoms in total. The molecule has 0 aromatic carbocycles. The quantitative estimate of drug-likeness (QED) is 0.866. The van der Waals surface area contributed by atoms with Crippen LogP contribution in [0.2, 0.25) is 0 Å². The Labute approximate surface area is 114 Å². The number of aromatic nitrogens is 1. The zero-order chi connectivity index (χ0) is 14.6. The van der Waals surface area contributed by atoms with Gasteiger partial charge in [-0.1, -0.05) is 0 Å². The number of anilines is 1. The van der Waals surface area contributed by atoms with E-state index in [0.717, 1.165) is 5.56 Å². The highest BCUT2D eigenvalue weighted by atomic mass is 32.2. The lowest BCUT2D eigenvalue weighted by Crippen LogP contribution is -2.30. The highest BCUT2D eigenvalue weighted by molar-refractivity contribution is 7.88. The molecular weight excluding hydrogens is 264 g/mol. The molecule has 0 saturated carbocycles. The number of likely N-dealkylation sites (N-methyl/N-ethyl adjacent to an activating group) is 1. The minimum absolute atomic E-state index is 0.360. The zero-order valence-corrected chi connectivity index (χ0v) is 12.4. The minimum atomic E-state index is -3.15. The fourth-order valence-electron chi connectivity index (χ4n) is 1.60. The molecule has 1 aromatic heterocycles. The van der Waals surface area contributed by atoms with Crippen LogP contribution in [0.1, 0.15) is 16.8 Å². The third-order valence-corrected chi connectivity index (χ3v) is 4.12. The van der Waals surface area contributed by atoms with Crippen molar-refractivity contribution in [1.29, 1.82) is 5.26 Å². The lowest BCUT2D eigenvalue weighted by molar-refractivity contribution is 0.486. The second kappa shape index (κ2) is 5.99. The maximum atomic E-state index is 11.2. The molecule has 0 radical (unpaired) electrons. The summed E-state index contributed by atoms with van der Waals surface area (Å²) >= 11 is 0. The van der Waals surface area contributed by atoms with Crippen LogP contribution in [0.3, 0.4) is 0 Å². The van der Waals surface area contributed by atoms with Crippen molar-refractivity contribution in [2.75, 3.05) is 31.7 Å². The molecule has 7 heteroatoms. The summed E-state index contributed by atoms with van der Waals surface area (Å²) in [6.45, 7) is 4.44. The van der Waals surface area contributed by atoms with Crippen LogP contribution < -0.4 is 5.32 Å². The van der Waals surface area contributed by atoms with Gasteiger partial charge in [-0.2, -0.15) is 5.26 Å².